The van der Waals surface area contributed by atoms with Crippen LogP contribution in [0.15, 0.2) is 6.07 Å². The third-order valence-electron chi connectivity index (χ3n) is 2.86. The highest BCUT2D eigenvalue weighted by atomic mass is 32.2. The average molecular weight is 252 g/mol. The van der Waals surface area contributed by atoms with Gasteiger partial charge in [0.2, 0.25) is 0 Å². The molecule has 1 aliphatic carbocycles. The van der Waals surface area contributed by atoms with E-state index in [1.54, 1.807) is 0 Å². The Kier molecular flexibility index (Phi) is 4.10. The number of nitrogens with one attached hydrogen (secondary N) is 1. The van der Waals surface area contributed by atoms with E-state index in [-0.39, 0.29) is 0 Å². The van der Waals surface area contributed by atoms with Gasteiger partial charge in [-0.3, -0.25) is 0 Å². The minimum atomic E-state index is 0.420. The highest BCUT2D eigenvalue weighted by molar-refractivity contribution is 7.98. The molecular weight excluding hydrogens is 232 g/mol. The molecule has 0 spiro atoms. The summed E-state index contributed by atoms with van der Waals surface area (Å²) < 4.78 is 0. The highest BCUT2D eigenvalue weighted by Crippen LogP contribution is 2.38. The van der Waals surface area contributed by atoms with E-state index in [0.717, 1.165) is 23.8 Å². The van der Waals surface area contributed by atoms with Gasteiger partial charge >= 0.3 is 0 Å². The van der Waals surface area contributed by atoms with E-state index in [9.17, 15) is 0 Å². The molecule has 1 atom stereocenters. The molecule has 1 fully saturated rings. The molecule has 0 amide bonds. The summed E-state index contributed by atoms with van der Waals surface area (Å²) in [7, 11) is 0. The quantitative estimate of drug-likeness (QED) is 0.814. The fourth-order valence-corrected chi connectivity index (χ4v) is 2.29. The SMILES string of the molecule is CSCCC(C)Nc1cc(N)nc(C2CC2)n1. The van der Waals surface area contributed by atoms with Crippen molar-refractivity contribution in [3.8, 4) is 0 Å². The predicted molar refractivity (Wildman–Crippen MR) is 74.5 cm³/mol. The van der Waals surface area contributed by atoms with Gasteiger partial charge in [0, 0.05) is 18.0 Å². The first-order chi connectivity index (χ1) is 8.19. The number of hydrogen-bond donors (Lipinski definition) is 2. The molecule has 3 N–H and O–H groups in total. The summed E-state index contributed by atoms with van der Waals surface area (Å²) in [5.74, 6) is 4.05. The van der Waals surface area contributed by atoms with Crippen LogP contribution < -0.4 is 11.1 Å². The molecule has 0 radical (unpaired) electrons. The van der Waals surface area contributed by atoms with Gasteiger partial charge in [0.15, 0.2) is 0 Å². The Morgan fingerprint density at radius 2 is 2.29 bits per heavy atom. The van der Waals surface area contributed by atoms with Crippen LogP contribution in [0.2, 0.25) is 0 Å². The zero-order valence-electron chi connectivity index (χ0n) is 10.4. The molecule has 0 aromatic carbocycles. The zero-order chi connectivity index (χ0) is 12.3. The summed E-state index contributed by atoms with van der Waals surface area (Å²) in [6, 6.07) is 2.24. The van der Waals surface area contributed by atoms with E-state index < -0.39 is 0 Å². The second kappa shape index (κ2) is 5.58. The maximum atomic E-state index is 5.81. The lowest BCUT2D eigenvalue weighted by molar-refractivity contribution is 0.763. The molecule has 1 aromatic rings. The fourth-order valence-electron chi connectivity index (χ4n) is 1.70. The van der Waals surface area contributed by atoms with E-state index >= 15 is 0 Å². The molecule has 1 aromatic heterocycles. The van der Waals surface area contributed by atoms with Crippen LogP contribution in [0.1, 0.15) is 37.9 Å². The van der Waals surface area contributed by atoms with Crippen LogP contribution in [0, 0.1) is 0 Å². The van der Waals surface area contributed by atoms with Gasteiger partial charge < -0.3 is 11.1 Å². The summed E-state index contributed by atoms with van der Waals surface area (Å²) >= 11 is 1.86. The second-order valence-corrected chi connectivity index (χ2v) is 5.62. The van der Waals surface area contributed by atoms with Gasteiger partial charge in [-0.15, -0.1) is 0 Å². The number of hydrogen-bond acceptors (Lipinski definition) is 5. The first-order valence-electron chi connectivity index (χ1n) is 6.09. The Morgan fingerprint density at radius 1 is 1.53 bits per heavy atom. The smallest absolute Gasteiger partial charge is 0.136 e. The van der Waals surface area contributed by atoms with E-state index in [2.05, 4.69) is 28.5 Å². The lowest BCUT2D eigenvalue weighted by atomic mass is 10.2. The maximum absolute atomic E-state index is 5.81. The second-order valence-electron chi connectivity index (χ2n) is 4.64. The highest BCUT2D eigenvalue weighted by Gasteiger charge is 2.27. The third-order valence-corrected chi connectivity index (χ3v) is 3.50. The molecule has 0 saturated heterocycles. The van der Waals surface area contributed by atoms with Crippen molar-refractivity contribution in [2.45, 2.75) is 38.1 Å². The van der Waals surface area contributed by atoms with Crippen LogP contribution in [0.25, 0.3) is 0 Å². The third kappa shape index (κ3) is 3.77. The molecule has 2 rings (SSSR count). The molecule has 0 bridgehead atoms. The van der Waals surface area contributed by atoms with Crippen molar-refractivity contribution in [2.75, 3.05) is 23.1 Å². The largest absolute Gasteiger partial charge is 0.384 e. The summed E-state index contributed by atoms with van der Waals surface area (Å²) in [4.78, 5) is 8.82. The molecule has 1 heterocycles. The summed E-state index contributed by atoms with van der Waals surface area (Å²) in [5, 5.41) is 3.40. The van der Waals surface area contributed by atoms with Crippen LogP contribution >= 0.6 is 11.8 Å². The van der Waals surface area contributed by atoms with Crippen molar-refractivity contribution >= 4 is 23.4 Å². The average Bonchev–Trinajstić information content (AvgIpc) is 3.09. The van der Waals surface area contributed by atoms with Gasteiger partial charge in [-0.25, -0.2) is 9.97 Å². The molecule has 1 saturated carbocycles. The van der Waals surface area contributed by atoms with Crippen molar-refractivity contribution in [1.29, 1.82) is 0 Å². The van der Waals surface area contributed by atoms with Crippen molar-refractivity contribution in [2.24, 2.45) is 0 Å². The Labute approximate surface area is 107 Å². The summed E-state index contributed by atoms with van der Waals surface area (Å²) in [6.45, 7) is 2.17. The minimum Gasteiger partial charge on any atom is -0.384 e. The van der Waals surface area contributed by atoms with Crippen LogP contribution in [-0.4, -0.2) is 28.0 Å². The topological polar surface area (TPSA) is 63.8 Å². The van der Waals surface area contributed by atoms with Crippen molar-refractivity contribution < 1.29 is 0 Å². The molecule has 4 nitrogen and oxygen atoms in total. The first kappa shape index (κ1) is 12.5. The first-order valence-corrected chi connectivity index (χ1v) is 7.48. The van der Waals surface area contributed by atoms with Gasteiger partial charge in [-0.05, 0) is 38.2 Å². The Morgan fingerprint density at radius 3 is 2.94 bits per heavy atom. The summed E-state index contributed by atoms with van der Waals surface area (Å²) in [6.07, 6.45) is 5.65. The van der Waals surface area contributed by atoms with E-state index in [1.165, 1.54) is 12.8 Å². The van der Waals surface area contributed by atoms with Crippen molar-refractivity contribution in [3.05, 3.63) is 11.9 Å². The lowest BCUT2D eigenvalue weighted by Gasteiger charge is -2.14. The standard InChI is InChI=1S/C12H20N4S/c1-8(5-6-17-2)14-11-7-10(13)15-12(16-11)9-3-4-9/h7-9H,3-6H2,1-2H3,(H3,13,14,15,16). The monoisotopic (exact) mass is 252 g/mol. The molecular formula is C12H20N4S. The van der Waals surface area contributed by atoms with Crippen molar-refractivity contribution in [3.63, 3.8) is 0 Å². The maximum Gasteiger partial charge on any atom is 0.136 e. The lowest BCUT2D eigenvalue weighted by Crippen LogP contribution is -2.17. The molecule has 94 valence electrons. The van der Waals surface area contributed by atoms with Gasteiger partial charge in [0.1, 0.15) is 17.5 Å². The number of anilines is 2. The van der Waals surface area contributed by atoms with Crippen LogP contribution in [-0.2, 0) is 0 Å². The van der Waals surface area contributed by atoms with Gasteiger partial charge in [-0.2, -0.15) is 11.8 Å². The molecule has 1 aliphatic rings. The number of rotatable bonds is 6. The Bertz CT molecular complexity index is 379. The van der Waals surface area contributed by atoms with Gasteiger partial charge in [0.05, 0.1) is 0 Å². The number of nitrogens with two attached hydrogens (primary N) is 1. The van der Waals surface area contributed by atoms with E-state index in [4.69, 9.17) is 5.73 Å². The molecule has 0 aliphatic heterocycles. The zero-order valence-corrected chi connectivity index (χ0v) is 11.3. The molecule has 1 unspecified atom stereocenters. The van der Waals surface area contributed by atoms with Crippen LogP contribution in [0.3, 0.4) is 0 Å². The number of aromatic nitrogens is 2. The van der Waals surface area contributed by atoms with E-state index in [1.807, 2.05) is 17.8 Å². The predicted octanol–water partition coefficient (Wildman–Crippen LogP) is 2.49. The fraction of sp³-hybridized carbons (Fsp3) is 0.667. The Hall–Kier alpha value is -0.970. The van der Waals surface area contributed by atoms with Gasteiger partial charge in [0.25, 0.3) is 0 Å². The number of nitrogen functional groups attached to an aromatic ring is 1. The molecule has 17 heavy (non-hydrogen) atoms. The number of nitrogens with zero attached hydrogens (tertiary/aromatic N) is 2. The van der Waals surface area contributed by atoms with E-state index in [0.29, 0.717) is 17.8 Å². The summed E-state index contributed by atoms with van der Waals surface area (Å²) in [5.41, 5.74) is 5.81. The number of thioether (sulfide) groups is 1. The molecule has 5 heteroatoms. The Balaban J connectivity index is 1.99. The van der Waals surface area contributed by atoms with Crippen LogP contribution in [0.4, 0.5) is 11.6 Å². The minimum absolute atomic E-state index is 0.420. The normalized spacial score (nSPS) is 16.8. The van der Waals surface area contributed by atoms with Crippen LogP contribution in [0.5, 0.6) is 0 Å². The van der Waals surface area contributed by atoms with Gasteiger partial charge in [-0.1, -0.05) is 0 Å². The van der Waals surface area contributed by atoms with Crippen molar-refractivity contribution in [1.82, 2.24) is 9.97 Å².